The van der Waals surface area contributed by atoms with Crippen molar-refractivity contribution in [2.75, 3.05) is 14.2 Å². The Morgan fingerprint density at radius 1 is 1.11 bits per heavy atom. The smallest absolute Gasteiger partial charge is 0.162 e. The first-order valence-electron chi connectivity index (χ1n) is 6.23. The maximum absolute atomic E-state index is 5.25. The number of methoxy groups -OCH3 is 2. The number of aromatic amines is 1. The summed E-state index contributed by atoms with van der Waals surface area (Å²) in [5.74, 6) is 0. The van der Waals surface area contributed by atoms with E-state index >= 15 is 0 Å². The highest BCUT2D eigenvalue weighted by molar-refractivity contribution is 6.07. The highest BCUT2D eigenvalue weighted by atomic mass is 16.7. The van der Waals surface area contributed by atoms with E-state index in [1.54, 1.807) is 14.2 Å². The molecular formula is C15H16N2O2. The lowest BCUT2D eigenvalue weighted by Crippen LogP contribution is -2.17. The molecule has 0 amide bonds. The summed E-state index contributed by atoms with van der Waals surface area (Å²) in [4.78, 5) is 7.87. The van der Waals surface area contributed by atoms with Crippen molar-refractivity contribution in [3.8, 4) is 0 Å². The lowest BCUT2D eigenvalue weighted by Gasteiger charge is -2.12. The number of ether oxygens (including phenoxy) is 2. The van der Waals surface area contributed by atoms with E-state index in [0.717, 1.165) is 16.7 Å². The third-order valence-electron chi connectivity index (χ3n) is 3.39. The van der Waals surface area contributed by atoms with Crippen LogP contribution in [0.3, 0.4) is 0 Å². The molecule has 0 spiro atoms. The van der Waals surface area contributed by atoms with Crippen LogP contribution in [-0.4, -0.2) is 30.5 Å². The number of aromatic nitrogens is 2. The van der Waals surface area contributed by atoms with Crippen molar-refractivity contribution in [2.45, 2.75) is 12.7 Å². The minimum absolute atomic E-state index is 0.274. The molecule has 0 fully saturated rings. The maximum atomic E-state index is 5.25. The monoisotopic (exact) mass is 256 g/mol. The van der Waals surface area contributed by atoms with E-state index in [4.69, 9.17) is 9.47 Å². The molecule has 3 rings (SSSR count). The van der Waals surface area contributed by atoms with E-state index in [0.29, 0.717) is 6.42 Å². The first kappa shape index (κ1) is 12.1. The summed E-state index contributed by atoms with van der Waals surface area (Å²) in [6, 6.07) is 10.3. The molecule has 1 N–H and O–H groups in total. The number of nitrogens with zero attached hydrogens (tertiary/aromatic N) is 1. The predicted molar refractivity (Wildman–Crippen MR) is 75.1 cm³/mol. The van der Waals surface area contributed by atoms with Crippen LogP contribution < -0.4 is 0 Å². The van der Waals surface area contributed by atoms with E-state index in [2.05, 4.69) is 22.1 Å². The van der Waals surface area contributed by atoms with Gasteiger partial charge >= 0.3 is 0 Å². The van der Waals surface area contributed by atoms with Gasteiger partial charge in [-0.1, -0.05) is 18.2 Å². The fourth-order valence-corrected chi connectivity index (χ4v) is 2.41. The van der Waals surface area contributed by atoms with Gasteiger partial charge in [-0.2, -0.15) is 0 Å². The number of para-hydroxylation sites is 1. The highest BCUT2D eigenvalue weighted by Crippen LogP contribution is 2.27. The summed E-state index contributed by atoms with van der Waals surface area (Å²) in [7, 11) is 3.28. The van der Waals surface area contributed by atoms with Crippen molar-refractivity contribution in [1.82, 2.24) is 9.97 Å². The first-order chi connectivity index (χ1) is 9.33. The number of nitrogens with one attached hydrogen (secondary N) is 1. The Morgan fingerprint density at radius 2 is 1.89 bits per heavy atom. The van der Waals surface area contributed by atoms with E-state index in [9.17, 15) is 0 Å². The number of H-pyrrole nitrogens is 1. The van der Waals surface area contributed by atoms with Gasteiger partial charge in [0.05, 0.1) is 11.2 Å². The zero-order chi connectivity index (χ0) is 13.2. The minimum Gasteiger partial charge on any atom is -0.356 e. The summed E-state index contributed by atoms with van der Waals surface area (Å²) in [6.07, 6.45) is 2.18. The van der Waals surface area contributed by atoms with Gasteiger partial charge in [0.2, 0.25) is 0 Å². The van der Waals surface area contributed by atoms with Crippen LogP contribution in [-0.2, 0) is 15.9 Å². The number of rotatable bonds is 4. The second-order valence-electron chi connectivity index (χ2n) is 4.46. The molecule has 19 heavy (non-hydrogen) atoms. The van der Waals surface area contributed by atoms with Crippen LogP contribution in [0.4, 0.5) is 0 Å². The van der Waals surface area contributed by atoms with Crippen molar-refractivity contribution in [1.29, 1.82) is 0 Å². The molecule has 98 valence electrons. The molecule has 3 aromatic rings. The molecule has 1 aromatic carbocycles. The molecular weight excluding hydrogens is 240 g/mol. The van der Waals surface area contributed by atoms with Gasteiger partial charge in [-0.3, -0.25) is 4.98 Å². The van der Waals surface area contributed by atoms with Crippen molar-refractivity contribution in [3.05, 3.63) is 42.2 Å². The van der Waals surface area contributed by atoms with Crippen molar-refractivity contribution in [2.24, 2.45) is 0 Å². The van der Waals surface area contributed by atoms with Gasteiger partial charge < -0.3 is 14.5 Å². The Labute approximate surface area is 111 Å². The van der Waals surface area contributed by atoms with Crippen molar-refractivity contribution >= 4 is 21.8 Å². The van der Waals surface area contributed by atoms with E-state index in [1.807, 2.05) is 24.4 Å². The molecule has 0 radical (unpaired) electrons. The van der Waals surface area contributed by atoms with Crippen LogP contribution in [0.15, 0.2) is 36.5 Å². The Balaban J connectivity index is 2.15. The molecule has 0 saturated carbocycles. The molecule has 0 aliphatic carbocycles. The summed E-state index contributed by atoms with van der Waals surface area (Å²) in [5, 5.41) is 2.40. The van der Waals surface area contributed by atoms with Crippen LogP contribution in [0.2, 0.25) is 0 Å². The number of fused-ring (bicyclic) bond motifs is 3. The van der Waals surface area contributed by atoms with Crippen LogP contribution in [0.1, 0.15) is 5.69 Å². The number of benzene rings is 1. The van der Waals surface area contributed by atoms with Gasteiger partial charge in [0.15, 0.2) is 6.29 Å². The maximum Gasteiger partial charge on any atom is 0.162 e. The molecule has 0 atom stereocenters. The number of hydrogen-bond donors (Lipinski definition) is 1. The van der Waals surface area contributed by atoms with E-state index in [1.165, 1.54) is 10.8 Å². The summed E-state index contributed by atoms with van der Waals surface area (Å²) >= 11 is 0. The summed E-state index contributed by atoms with van der Waals surface area (Å²) in [5.41, 5.74) is 3.14. The molecule has 4 nitrogen and oxygen atoms in total. The number of hydrogen-bond acceptors (Lipinski definition) is 3. The molecule has 2 heterocycles. The standard InChI is InChI=1S/C15H16N2O2/c1-18-14(19-2)9-13-15-11(7-8-16-13)10-5-3-4-6-12(10)17-15/h3-8,14,17H,9H2,1-2H3. The van der Waals surface area contributed by atoms with Crippen LogP contribution in [0.25, 0.3) is 21.8 Å². The summed E-state index contributed by atoms with van der Waals surface area (Å²) < 4.78 is 10.5. The lowest BCUT2D eigenvalue weighted by molar-refractivity contribution is -0.101. The first-order valence-corrected chi connectivity index (χ1v) is 6.23. The molecule has 0 bridgehead atoms. The molecule has 0 saturated heterocycles. The summed E-state index contributed by atoms with van der Waals surface area (Å²) in [6.45, 7) is 0. The zero-order valence-electron chi connectivity index (χ0n) is 11.0. The minimum atomic E-state index is -0.274. The lowest BCUT2D eigenvalue weighted by atomic mass is 10.1. The Hall–Kier alpha value is -1.91. The van der Waals surface area contributed by atoms with Gasteiger partial charge in [0.25, 0.3) is 0 Å². The molecule has 2 aromatic heterocycles. The van der Waals surface area contributed by atoms with E-state index < -0.39 is 0 Å². The predicted octanol–water partition coefficient (Wildman–Crippen LogP) is 2.88. The highest BCUT2D eigenvalue weighted by Gasteiger charge is 2.13. The van der Waals surface area contributed by atoms with Crippen LogP contribution >= 0.6 is 0 Å². The van der Waals surface area contributed by atoms with E-state index in [-0.39, 0.29) is 6.29 Å². The Morgan fingerprint density at radius 3 is 2.68 bits per heavy atom. The third-order valence-corrected chi connectivity index (χ3v) is 3.39. The average molecular weight is 256 g/mol. The molecule has 0 unspecified atom stereocenters. The number of pyridine rings is 1. The zero-order valence-corrected chi connectivity index (χ0v) is 11.0. The van der Waals surface area contributed by atoms with Crippen molar-refractivity contribution < 1.29 is 9.47 Å². The fraction of sp³-hybridized carbons (Fsp3) is 0.267. The quantitative estimate of drug-likeness (QED) is 0.730. The molecule has 4 heteroatoms. The second kappa shape index (κ2) is 4.99. The van der Waals surface area contributed by atoms with Crippen LogP contribution in [0, 0.1) is 0 Å². The average Bonchev–Trinajstić information content (AvgIpc) is 2.84. The largest absolute Gasteiger partial charge is 0.356 e. The fourth-order valence-electron chi connectivity index (χ4n) is 2.41. The second-order valence-corrected chi connectivity index (χ2v) is 4.46. The Bertz CT molecular complexity index is 702. The molecule has 0 aliphatic heterocycles. The molecule has 0 aliphatic rings. The van der Waals surface area contributed by atoms with Crippen LogP contribution in [0.5, 0.6) is 0 Å². The topological polar surface area (TPSA) is 47.1 Å². The van der Waals surface area contributed by atoms with Gasteiger partial charge in [0, 0.05) is 43.1 Å². The van der Waals surface area contributed by atoms with Gasteiger partial charge in [-0.05, 0) is 12.1 Å². The Kier molecular flexibility index (Phi) is 3.19. The van der Waals surface area contributed by atoms with Gasteiger partial charge in [-0.15, -0.1) is 0 Å². The third kappa shape index (κ3) is 2.09. The van der Waals surface area contributed by atoms with Gasteiger partial charge in [0.1, 0.15) is 0 Å². The normalized spacial score (nSPS) is 11.7. The van der Waals surface area contributed by atoms with Crippen molar-refractivity contribution in [3.63, 3.8) is 0 Å². The SMILES string of the molecule is COC(Cc1nccc2c1[nH]c1ccccc12)OC. The van der Waals surface area contributed by atoms with Gasteiger partial charge in [-0.25, -0.2) is 0 Å².